The van der Waals surface area contributed by atoms with Crippen molar-refractivity contribution in [3.8, 4) is 0 Å². The minimum atomic E-state index is 0.0853. The maximum atomic E-state index is 12.0. The molecule has 6 nitrogen and oxygen atoms in total. The van der Waals surface area contributed by atoms with Crippen molar-refractivity contribution in [3.05, 3.63) is 0 Å². The van der Waals surface area contributed by atoms with Gasteiger partial charge in [0.2, 0.25) is 11.8 Å². The monoisotopic (exact) mass is 256 g/mol. The molecule has 1 aliphatic heterocycles. The van der Waals surface area contributed by atoms with Gasteiger partial charge in [0.05, 0.1) is 6.54 Å². The lowest BCUT2D eigenvalue weighted by atomic mass is 10.3. The Bertz CT molecular complexity index is 288. The lowest BCUT2D eigenvalue weighted by molar-refractivity contribution is -0.139. The molecular weight excluding hydrogens is 232 g/mol. The summed E-state index contributed by atoms with van der Waals surface area (Å²) in [4.78, 5) is 28.8. The van der Waals surface area contributed by atoms with Gasteiger partial charge < -0.3 is 15.5 Å². The SMILES string of the molecule is CC(=O)N1CCN(C(=O)CN(C)CCCN)CC1. The molecule has 6 heteroatoms. The highest BCUT2D eigenvalue weighted by atomic mass is 16.2. The summed E-state index contributed by atoms with van der Waals surface area (Å²) in [6, 6.07) is 0. The molecule has 1 saturated heterocycles. The van der Waals surface area contributed by atoms with Gasteiger partial charge in [-0.15, -0.1) is 0 Å². The molecule has 2 N–H and O–H groups in total. The Hall–Kier alpha value is -1.14. The number of hydrogen-bond acceptors (Lipinski definition) is 4. The van der Waals surface area contributed by atoms with E-state index in [1.165, 1.54) is 0 Å². The van der Waals surface area contributed by atoms with Gasteiger partial charge in [0.15, 0.2) is 0 Å². The Labute approximate surface area is 109 Å². The molecule has 0 radical (unpaired) electrons. The highest BCUT2D eigenvalue weighted by molar-refractivity contribution is 5.79. The molecule has 0 bridgehead atoms. The van der Waals surface area contributed by atoms with Crippen molar-refractivity contribution in [3.63, 3.8) is 0 Å². The molecule has 1 fully saturated rings. The third kappa shape index (κ3) is 4.62. The smallest absolute Gasteiger partial charge is 0.236 e. The van der Waals surface area contributed by atoms with Gasteiger partial charge in [-0.1, -0.05) is 0 Å². The molecule has 0 aromatic carbocycles. The summed E-state index contributed by atoms with van der Waals surface area (Å²) in [5.41, 5.74) is 5.43. The first-order valence-electron chi connectivity index (χ1n) is 6.46. The van der Waals surface area contributed by atoms with Gasteiger partial charge in [0, 0.05) is 33.1 Å². The van der Waals surface area contributed by atoms with Gasteiger partial charge in [-0.05, 0) is 26.6 Å². The molecule has 0 saturated carbocycles. The van der Waals surface area contributed by atoms with Crippen LogP contribution in [0.25, 0.3) is 0 Å². The normalized spacial score (nSPS) is 16.2. The van der Waals surface area contributed by atoms with E-state index in [0.29, 0.717) is 39.3 Å². The van der Waals surface area contributed by atoms with Crippen LogP contribution in [0.3, 0.4) is 0 Å². The maximum Gasteiger partial charge on any atom is 0.236 e. The van der Waals surface area contributed by atoms with Crippen LogP contribution in [-0.2, 0) is 9.59 Å². The Morgan fingerprint density at radius 1 is 1.17 bits per heavy atom. The fourth-order valence-electron chi connectivity index (χ4n) is 2.04. The van der Waals surface area contributed by atoms with Crippen LogP contribution in [0.15, 0.2) is 0 Å². The number of nitrogens with two attached hydrogens (primary N) is 1. The zero-order valence-corrected chi connectivity index (χ0v) is 11.4. The van der Waals surface area contributed by atoms with Crippen molar-refractivity contribution in [2.45, 2.75) is 13.3 Å². The fraction of sp³-hybridized carbons (Fsp3) is 0.833. The van der Waals surface area contributed by atoms with Crippen molar-refractivity contribution < 1.29 is 9.59 Å². The molecule has 0 spiro atoms. The Morgan fingerprint density at radius 3 is 2.22 bits per heavy atom. The largest absolute Gasteiger partial charge is 0.339 e. The molecule has 2 amide bonds. The van der Waals surface area contributed by atoms with Crippen LogP contribution in [-0.4, -0.2) is 79.4 Å². The lowest BCUT2D eigenvalue weighted by Gasteiger charge is -2.35. The molecule has 0 unspecified atom stereocenters. The zero-order chi connectivity index (χ0) is 13.5. The van der Waals surface area contributed by atoms with Gasteiger partial charge in [-0.2, -0.15) is 0 Å². The zero-order valence-electron chi connectivity index (χ0n) is 11.4. The first-order chi connectivity index (χ1) is 8.54. The van der Waals surface area contributed by atoms with E-state index in [1.807, 2.05) is 16.8 Å². The van der Waals surface area contributed by atoms with Crippen LogP contribution in [0.5, 0.6) is 0 Å². The topological polar surface area (TPSA) is 69.9 Å². The predicted molar refractivity (Wildman–Crippen MR) is 70.0 cm³/mol. The first-order valence-corrected chi connectivity index (χ1v) is 6.46. The number of amides is 2. The van der Waals surface area contributed by atoms with Crippen LogP contribution in [0.2, 0.25) is 0 Å². The molecule has 104 valence electrons. The van der Waals surface area contributed by atoms with Crippen LogP contribution in [0.1, 0.15) is 13.3 Å². The molecule has 1 heterocycles. The van der Waals surface area contributed by atoms with Crippen LogP contribution < -0.4 is 5.73 Å². The van der Waals surface area contributed by atoms with E-state index >= 15 is 0 Å². The van der Waals surface area contributed by atoms with E-state index in [4.69, 9.17) is 5.73 Å². The summed E-state index contributed by atoms with van der Waals surface area (Å²) < 4.78 is 0. The number of carbonyl (C=O) groups excluding carboxylic acids is 2. The minimum absolute atomic E-state index is 0.0853. The van der Waals surface area contributed by atoms with Crippen LogP contribution >= 0.6 is 0 Å². The summed E-state index contributed by atoms with van der Waals surface area (Å²) in [6.07, 6.45) is 0.905. The van der Waals surface area contributed by atoms with Crippen molar-refractivity contribution in [2.75, 3.05) is 52.9 Å². The molecule has 18 heavy (non-hydrogen) atoms. The quantitative estimate of drug-likeness (QED) is 0.682. The molecule has 1 rings (SSSR count). The lowest BCUT2D eigenvalue weighted by Crippen LogP contribution is -2.52. The van der Waals surface area contributed by atoms with Crippen molar-refractivity contribution in [1.29, 1.82) is 0 Å². The number of piperazine rings is 1. The molecule has 0 aliphatic carbocycles. The van der Waals surface area contributed by atoms with E-state index in [9.17, 15) is 9.59 Å². The molecule has 0 atom stereocenters. The maximum absolute atomic E-state index is 12.0. The second-order valence-corrected chi connectivity index (χ2v) is 4.77. The fourth-order valence-corrected chi connectivity index (χ4v) is 2.04. The average molecular weight is 256 g/mol. The Balaban J connectivity index is 2.29. The highest BCUT2D eigenvalue weighted by Gasteiger charge is 2.22. The van der Waals surface area contributed by atoms with E-state index < -0.39 is 0 Å². The molecule has 0 aromatic heterocycles. The standard InChI is InChI=1S/C12H24N4O2/c1-11(17)15-6-8-16(9-7-15)12(18)10-14(2)5-3-4-13/h3-10,13H2,1-2H3. The number of likely N-dealkylation sites (N-methyl/N-ethyl adjacent to an activating group) is 1. The first kappa shape index (κ1) is 14.9. The highest BCUT2D eigenvalue weighted by Crippen LogP contribution is 2.03. The van der Waals surface area contributed by atoms with Crippen molar-refractivity contribution in [1.82, 2.24) is 14.7 Å². The molecule has 1 aliphatic rings. The summed E-state index contributed by atoms with van der Waals surface area (Å²) >= 11 is 0. The summed E-state index contributed by atoms with van der Waals surface area (Å²) in [6.45, 7) is 6.07. The third-order valence-electron chi connectivity index (χ3n) is 3.23. The molecule has 0 aromatic rings. The van der Waals surface area contributed by atoms with Crippen LogP contribution in [0, 0.1) is 0 Å². The summed E-state index contributed by atoms with van der Waals surface area (Å²) in [7, 11) is 1.93. The predicted octanol–water partition coefficient (Wildman–Crippen LogP) is -1.04. The number of carbonyl (C=O) groups is 2. The van der Waals surface area contributed by atoms with Gasteiger partial charge >= 0.3 is 0 Å². The second-order valence-electron chi connectivity index (χ2n) is 4.77. The minimum Gasteiger partial charge on any atom is -0.339 e. The summed E-state index contributed by atoms with van der Waals surface area (Å²) in [5, 5.41) is 0. The van der Waals surface area contributed by atoms with Crippen molar-refractivity contribution >= 4 is 11.8 Å². The van der Waals surface area contributed by atoms with Gasteiger partial charge in [0.1, 0.15) is 0 Å². The average Bonchev–Trinajstić information content (AvgIpc) is 2.36. The van der Waals surface area contributed by atoms with Gasteiger partial charge in [-0.3, -0.25) is 14.5 Å². The number of hydrogen-bond donors (Lipinski definition) is 1. The van der Waals surface area contributed by atoms with Gasteiger partial charge in [-0.25, -0.2) is 0 Å². The van der Waals surface area contributed by atoms with E-state index in [0.717, 1.165) is 13.0 Å². The number of rotatable bonds is 5. The number of nitrogens with zero attached hydrogens (tertiary/aromatic N) is 3. The van der Waals surface area contributed by atoms with E-state index in [-0.39, 0.29) is 11.8 Å². The van der Waals surface area contributed by atoms with Gasteiger partial charge in [0.25, 0.3) is 0 Å². The molecular formula is C12H24N4O2. The Kier molecular flexibility index (Phi) is 6.07. The second kappa shape index (κ2) is 7.33. The summed E-state index contributed by atoms with van der Waals surface area (Å²) in [5.74, 6) is 0.222. The van der Waals surface area contributed by atoms with Crippen molar-refractivity contribution in [2.24, 2.45) is 5.73 Å². The Morgan fingerprint density at radius 2 is 1.72 bits per heavy atom. The van der Waals surface area contributed by atoms with E-state index in [2.05, 4.69) is 0 Å². The third-order valence-corrected chi connectivity index (χ3v) is 3.23. The van der Waals surface area contributed by atoms with Crippen LogP contribution in [0.4, 0.5) is 0 Å². The van der Waals surface area contributed by atoms with E-state index in [1.54, 1.807) is 11.8 Å².